The predicted octanol–water partition coefficient (Wildman–Crippen LogP) is 0.612. The van der Waals surface area contributed by atoms with Crippen LogP contribution in [0.5, 0.6) is 0 Å². The third-order valence-corrected chi connectivity index (χ3v) is 0.648. The molecule has 40 valence electrons. The van der Waals surface area contributed by atoms with E-state index in [9.17, 15) is 0 Å². The maximum absolute atomic E-state index is 3.63. The fourth-order valence-corrected chi connectivity index (χ4v) is 0.277. The molecule has 4 heteroatoms. The summed E-state index contributed by atoms with van der Waals surface area (Å²) in [5.41, 5.74) is 2.58. The minimum absolute atomic E-state index is 1.58. The van der Waals surface area contributed by atoms with Crippen LogP contribution in [-0.4, -0.2) is 19.5 Å². The molecule has 0 aliphatic carbocycles. The summed E-state index contributed by atoms with van der Waals surface area (Å²) in [5, 5.41) is 3.63. The van der Waals surface area contributed by atoms with Crippen LogP contribution in [0.2, 0.25) is 0 Å². The van der Waals surface area contributed by atoms with E-state index in [0.717, 1.165) is 0 Å². The zero-order valence-corrected chi connectivity index (χ0v) is 6.08. The van der Waals surface area contributed by atoms with E-state index in [1.807, 2.05) is 22.9 Å². The van der Waals surface area contributed by atoms with Crippen molar-refractivity contribution in [3.8, 4) is 0 Å². The summed E-state index contributed by atoms with van der Waals surface area (Å²) in [5.74, 6) is 0. The van der Waals surface area contributed by atoms with Crippen molar-refractivity contribution in [3.63, 3.8) is 0 Å². The van der Waals surface area contributed by atoms with Gasteiger partial charge < -0.3 is 5.43 Å². The number of hydrazone groups is 1. The van der Waals surface area contributed by atoms with Gasteiger partial charge in [0, 0.05) is 7.05 Å². The van der Waals surface area contributed by atoms with E-state index in [1.165, 1.54) is 0 Å². The second kappa shape index (κ2) is 5.87. The van der Waals surface area contributed by atoms with Gasteiger partial charge in [-0.05, 0) is 0 Å². The lowest BCUT2D eigenvalue weighted by molar-refractivity contribution is 0.910. The van der Waals surface area contributed by atoms with Crippen LogP contribution in [0.1, 0.15) is 0 Å². The molecule has 0 amide bonds. The van der Waals surface area contributed by atoms with Crippen LogP contribution in [0, 0.1) is 0 Å². The molecule has 0 rings (SSSR count). The summed E-state index contributed by atoms with van der Waals surface area (Å²) < 4.78 is 3.63. The lowest BCUT2D eigenvalue weighted by Gasteiger charge is -1.77. The highest BCUT2D eigenvalue weighted by molar-refractivity contribution is 14.1. The van der Waals surface area contributed by atoms with Gasteiger partial charge >= 0.3 is 0 Å². The SMILES string of the molecule is CN/N=C\C=NI. The Hall–Kier alpha value is -0.130. The summed E-state index contributed by atoms with van der Waals surface area (Å²) in [6.07, 6.45) is 3.17. The first-order valence-electron chi connectivity index (χ1n) is 1.74. The Morgan fingerprint density at radius 2 is 2.29 bits per heavy atom. The first-order valence-corrected chi connectivity index (χ1v) is 2.71. The van der Waals surface area contributed by atoms with E-state index in [4.69, 9.17) is 0 Å². The Bertz CT molecular complexity index is 78.2. The van der Waals surface area contributed by atoms with Gasteiger partial charge in [-0.3, -0.25) is 0 Å². The van der Waals surface area contributed by atoms with Crippen molar-refractivity contribution in [3.05, 3.63) is 0 Å². The molecular weight excluding hydrogens is 205 g/mol. The summed E-state index contributed by atoms with van der Waals surface area (Å²) in [6.45, 7) is 0. The Morgan fingerprint density at radius 1 is 1.57 bits per heavy atom. The van der Waals surface area contributed by atoms with Gasteiger partial charge in [-0.15, -0.1) is 0 Å². The molecule has 0 saturated carbocycles. The monoisotopic (exact) mass is 211 g/mol. The second-order valence-electron chi connectivity index (χ2n) is 0.748. The Morgan fingerprint density at radius 3 is 2.71 bits per heavy atom. The molecule has 3 nitrogen and oxygen atoms in total. The van der Waals surface area contributed by atoms with E-state index >= 15 is 0 Å². The third-order valence-electron chi connectivity index (χ3n) is 0.327. The zero-order chi connectivity index (χ0) is 5.54. The normalized spacial score (nSPS) is 11.1. The average molecular weight is 211 g/mol. The van der Waals surface area contributed by atoms with Gasteiger partial charge in [0.25, 0.3) is 0 Å². The molecule has 0 aromatic heterocycles. The van der Waals surface area contributed by atoms with Gasteiger partial charge in [-0.1, -0.05) is 0 Å². The Labute approximate surface area is 56.4 Å². The molecule has 0 aromatic rings. The van der Waals surface area contributed by atoms with E-state index < -0.39 is 0 Å². The number of nitrogens with zero attached hydrogens (tertiary/aromatic N) is 2. The highest BCUT2D eigenvalue weighted by atomic mass is 127. The molecule has 7 heavy (non-hydrogen) atoms. The summed E-state index contributed by atoms with van der Waals surface area (Å²) in [4.78, 5) is 0. The lowest BCUT2D eigenvalue weighted by atomic mass is 10.8. The van der Waals surface area contributed by atoms with Crippen LogP contribution in [0.25, 0.3) is 0 Å². The van der Waals surface area contributed by atoms with Crippen molar-refractivity contribution in [2.75, 3.05) is 7.05 Å². The highest BCUT2D eigenvalue weighted by Gasteiger charge is 1.56. The van der Waals surface area contributed by atoms with Crippen molar-refractivity contribution >= 4 is 35.3 Å². The van der Waals surface area contributed by atoms with Crippen molar-refractivity contribution in [1.29, 1.82) is 0 Å². The molecule has 0 radical (unpaired) electrons. The maximum atomic E-state index is 3.63. The van der Waals surface area contributed by atoms with Crippen LogP contribution < -0.4 is 5.43 Å². The number of hydrogen-bond acceptors (Lipinski definition) is 3. The average Bonchev–Trinajstić information content (AvgIpc) is 1.69. The van der Waals surface area contributed by atoms with Crippen LogP contribution >= 0.6 is 22.9 Å². The molecule has 0 fully saturated rings. The zero-order valence-electron chi connectivity index (χ0n) is 3.93. The lowest BCUT2D eigenvalue weighted by Crippen LogP contribution is -1.93. The molecule has 0 spiro atoms. The second-order valence-corrected chi connectivity index (χ2v) is 1.31. The van der Waals surface area contributed by atoms with Crippen molar-refractivity contribution in [1.82, 2.24) is 5.43 Å². The highest BCUT2D eigenvalue weighted by Crippen LogP contribution is 1.73. The molecule has 0 saturated heterocycles. The van der Waals surface area contributed by atoms with Crippen LogP contribution in [0.15, 0.2) is 8.31 Å². The topological polar surface area (TPSA) is 36.8 Å². The van der Waals surface area contributed by atoms with Crippen molar-refractivity contribution in [2.45, 2.75) is 0 Å². The largest absolute Gasteiger partial charge is 0.313 e. The Kier molecular flexibility index (Phi) is 5.76. The van der Waals surface area contributed by atoms with Gasteiger partial charge in [-0.2, -0.15) is 5.10 Å². The van der Waals surface area contributed by atoms with Crippen LogP contribution in [0.4, 0.5) is 0 Å². The van der Waals surface area contributed by atoms with Crippen LogP contribution in [0.3, 0.4) is 0 Å². The fraction of sp³-hybridized carbons (Fsp3) is 0.333. The van der Waals surface area contributed by atoms with Gasteiger partial charge in [-0.25, -0.2) is 3.21 Å². The number of hydrogen-bond donors (Lipinski definition) is 1. The third kappa shape index (κ3) is 5.87. The number of nitrogens with one attached hydrogen (secondary N) is 1. The van der Waals surface area contributed by atoms with E-state index in [-0.39, 0.29) is 0 Å². The molecule has 0 bridgehead atoms. The summed E-state index contributed by atoms with van der Waals surface area (Å²) in [6, 6.07) is 0. The Balaban J connectivity index is 3.09. The van der Waals surface area contributed by atoms with Crippen molar-refractivity contribution in [2.24, 2.45) is 8.31 Å². The van der Waals surface area contributed by atoms with E-state index in [1.54, 1.807) is 19.5 Å². The van der Waals surface area contributed by atoms with E-state index in [0.29, 0.717) is 0 Å². The molecule has 0 aliphatic rings. The smallest absolute Gasteiger partial charge is 0.0831 e. The van der Waals surface area contributed by atoms with Gasteiger partial charge in [0.15, 0.2) is 0 Å². The molecular formula is C3H6IN3. The molecule has 0 atom stereocenters. The number of rotatable bonds is 2. The van der Waals surface area contributed by atoms with Crippen LogP contribution in [-0.2, 0) is 0 Å². The first-order chi connectivity index (χ1) is 3.41. The fourth-order valence-electron chi connectivity index (χ4n) is 0.133. The van der Waals surface area contributed by atoms with Crippen molar-refractivity contribution < 1.29 is 0 Å². The maximum Gasteiger partial charge on any atom is 0.0831 e. The molecule has 0 unspecified atom stereocenters. The molecule has 0 aromatic carbocycles. The standard InChI is InChI=1S/C3H6IN3/c1-5-7-3-2-6-4/h2-3,5H,1H3/b6-2?,7-3-. The van der Waals surface area contributed by atoms with Gasteiger partial charge in [0.1, 0.15) is 0 Å². The molecule has 0 aliphatic heterocycles. The predicted molar refractivity (Wildman–Crippen MR) is 40.1 cm³/mol. The number of halogens is 1. The quantitative estimate of drug-likeness (QED) is 0.405. The minimum Gasteiger partial charge on any atom is -0.313 e. The van der Waals surface area contributed by atoms with Gasteiger partial charge in [0.05, 0.1) is 35.3 Å². The molecule has 0 heterocycles. The summed E-state index contributed by atoms with van der Waals surface area (Å²) in [7, 11) is 1.73. The molecule has 1 N–H and O–H groups in total. The minimum atomic E-state index is 1.58. The van der Waals surface area contributed by atoms with Gasteiger partial charge in [0.2, 0.25) is 0 Å². The first kappa shape index (κ1) is 6.87. The summed E-state index contributed by atoms with van der Waals surface area (Å²) >= 11 is 1.88. The van der Waals surface area contributed by atoms with E-state index in [2.05, 4.69) is 13.7 Å².